The van der Waals surface area contributed by atoms with Gasteiger partial charge in [0.2, 0.25) is 0 Å². The van der Waals surface area contributed by atoms with Crippen LogP contribution < -0.4 is 0 Å². The normalized spacial score (nSPS) is 21.7. The zero-order valence-electron chi connectivity index (χ0n) is 7.88. The Balaban J connectivity index is 2.38. The summed E-state index contributed by atoms with van der Waals surface area (Å²) in [6, 6.07) is 0.432. The smallest absolute Gasteiger partial charge is 0.148 e. The van der Waals surface area contributed by atoms with Crippen LogP contribution in [0.3, 0.4) is 0 Å². The highest BCUT2D eigenvalue weighted by Gasteiger charge is 2.24. The van der Waals surface area contributed by atoms with Crippen LogP contribution >= 0.6 is 0 Å². The van der Waals surface area contributed by atoms with Gasteiger partial charge in [0.15, 0.2) is 0 Å². The average Bonchev–Trinajstić information content (AvgIpc) is 2.47. The fourth-order valence-corrected chi connectivity index (χ4v) is 1.64. The number of nitrogens with zero attached hydrogens (tertiary/aromatic N) is 1. The van der Waals surface area contributed by atoms with Gasteiger partial charge in [0.25, 0.3) is 0 Å². The topological polar surface area (TPSA) is 29.5 Å². The second-order valence-corrected chi connectivity index (χ2v) is 3.28. The van der Waals surface area contributed by atoms with Crippen molar-refractivity contribution in [3.8, 4) is 0 Å². The summed E-state index contributed by atoms with van der Waals surface area (Å²) in [4.78, 5) is 13.2. The van der Waals surface area contributed by atoms with Crippen molar-refractivity contribution in [2.24, 2.45) is 0 Å². The number of hydrogen-bond acceptors (Lipinski definition) is 3. The minimum Gasteiger partial charge on any atom is -0.383 e. The number of methoxy groups -OCH3 is 1. The number of carbonyl (C=O) groups is 1. The van der Waals surface area contributed by atoms with E-state index in [1.165, 1.54) is 0 Å². The summed E-state index contributed by atoms with van der Waals surface area (Å²) < 4.78 is 5.09. The van der Waals surface area contributed by atoms with Crippen LogP contribution in [0, 0.1) is 0 Å². The van der Waals surface area contributed by atoms with Gasteiger partial charge in [0.1, 0.15) is 5.78 Å². The van der Waals surface area contributed by atoms with E-state index < -0.39 is 0 Å². The van der Waals surface area contributed by atoms with Gasteiger partial charge in [-0.1, -0.05) is 6.92 Å². The Morgan fingerprint density at radius 2 is 2.42 bits per heavy atom. The van der Waals surface area contributed by atoms with Crippen molar-refractivity contribution in [1.29, 1.82) is 0 Å². The van der Waals surface area contributed by atoms with Gasteiger partial charge >= 0.3 is 0 Å². The van der Waals surface area contributed by atoms with E-state index in [0.717, 1.165) is 26.0 Å². The summed E-state index contributed by atoms with van der Waals surface area (Å²) in [5.41, 5.74) is 0. The number of rotatable bonds is 4. The van der Waals surface area contributed by atoms with Crippen LogP contribution in [0.5, 0.6) is 0 Å². The number of hydrogen-bond donors (Lipinski definition) is 0. The van der Waals surface area contributed by atoms with Crippen molar-refractivity contribution >= 4 is 5.78 Å². The number of Topliss-reactive ketones (excluding diaryl/α,β-unsaturated/α-hetero) is 1. The highest BCUT2D eigenvalue weighted by atomic mass is 16.5. The predicted octanol–water partition coefficient (Wildman–Crippen LogP) is 0.686. The highest BCUT2D eigenvalue weighted by Crippen LogP contribution is 2.11. The zero-order valence-corrected chi connectivity index (χ0v) is 7.88. The number of carbonyl (C=O) groups excluding carboxylic acids is 1. The molecule has 0 spiro atoms. The van der Waals surface area contributed by atoms with E-state index in [9.17, 15) is 4.79 Å². The summed E-state index contributed by atoms with van der Waals surface area (Å²) in [6.07, 6.45) is 1.78. The van der Waals surface area contributed by atoms with Crippen LogP contribution in [0.15, 0.2) is 0 Å². The lowest BCUT2D eigenvalue weighted by Gasteiger charge is -2.24. The molecule has 1 aliphatic rings. The maximum Gasteiger partial charge on any atom is 0.148 e. The molecule has 0 aromatic carbocycles. The highest BCUT2D eigenvalue weighted by molar-refractivity contribution is 5.82. The number of ketones is 1. The molecule has 3 heteroatoms. The third kappa shape index (κ3) is 2.29. The fraction of sp³-hybridized carbons (Fsp3) is 0.889. The monoisotopic (exact) mass is 171 g/mol. The Morgan fingerprint density at radius 1 is 1.67 bits per heavy atom. The van der Waals surface area contributed by atoms with Gasteiger partial charge in [-0.15, -0.1) is 0 Å². The van der Waals surface area contributed by atoms with Crippen molar-refractivity contribution in [3.63, 3.8) is 0 Å². The number of ether oxygens (including phenoxy) is 1. The molecule has 0 aromatic rings. The molecule has 0 aliphatic carbocycles. The lowest BCUT2D eigenvalue weighted by molar-refractivity contribution is -0.117. The van der Waals surface area contributed by atoms with Crippen LogP contribution in [-0.4, -0.2) is 43.5 Å². The first-order chi connectivity index (χ1) is 5.77. The van der Waals surface area contributed by atoms with Crippen LogP contribution in [0.2, 0.25) is 0 Å². The maximum absolute atomic E-state index is 11.0. The molecule has 1 saturated heterocycles. The van der Waals surface area contributed by atoms with E-state index in [1.807, 2.05) is 0 Å². The van der Waals surface area contributed by atoms with E-state index in [0.29, 0.717) is 18.4 Å². The van der Waals surface area contributed by atoms with Crippen LogP contribution in [-0.2, 0) is 9.53 Å². The van der Waals surface area contributed by atoms with Crippen LogP contribution in [0.25, 0.3) is 0 Å². The molecule has 0 bridgehead atoms. The SMILES string of the molecule is CCC(COC)N1CCC(=O)C1. The molecule has 0 amide bonds. The predicted molar refractivity (Wildman–Crippen MR) is 47.2 cm³/mol. The maximum atomic E-state index is 11.0. The lowest BCUT2D eigenvalue weighted by atomic mass is 10.2. The van der Waals surface area contributed by atoms with Crippen molar-refractivity contribution in [2.45, 2.75) is 25.8 Å². The van der Waals surface area contributed by atoms with Gasteiger partial charge in [-0.2, -0.15) is 0 Å². The molecule has 12 heavy (non-hydrogen) atoms. The summed E-state index contributed by atoms with van der Waals surface area (Å²) >= 11 is 0. The molecule has 1 atom stereocenters. The van der Waals surface area contributed by atoms with Crippen LogP contribution in [0.1, 0.15) is 19.8 Å². The molecule has 1 rings (SSSR count). The van der Waals surface area contributed by atoms with E-state index >= 15 is 0 Å². The molecule has 1 heterocycles. The van der Waals surface area contributed by atoms with E-state index in [1.54, 1.807) is 7.11 Å². The Morgan fingerprint density at radius 3 is 2.83 bits per heavy atom. The first kappa shape index (κ1) is 9.68. The molecular weight excluding hydrogens is 154 g/mol. The van der Waals surface area contributed by atoms with Crippen molar-refractivity contribution in [3.05, 3.63) is 0 Å². The first-order valence-corrected chi connectivity index (χ1v) is 4.52. The van der Waals surface area contributed by atoms with Gasteiger partial charge < -0.3 is 4.74 Å². The van der Waals surface area contributed by atoms with Gasteiger partial charge in [0, 0.05) is 26.1 Å². The minimum atomic E-state index is 0.365. The number of likely N-dealkylation sites (tertiary alicyclic amines) is 1. The summed E-state index contributed by atoms with van der Waals surface area (Å²) in [5.74, 6) is 0.365. The van der Waals surface area contributed by atoms with E-state index in [-0.39, 0.29) is 0 Å². The first-order valence-electron chi connectivity index (χ1n) is 4.52. The summed E-state index contributed by atoms with van der Waals surface area (Å²) in [5, 5.41) is 0. The van der Waals surface area contributed by atoms with Gasteiger partial charge in [0.05, 0.1) is 13.2 Å². The molecule has 0 aromatic heterocycles. The molecule has 3 nitrogen and oxygen atoms in total. The summed E-state index contributed by atoms with van der Waals surface area (Å²) in [7, 11) is 1.71. The average molecular weight is 171 g/mol. The van der Waals surface area contributed by atoms with Gasteiger partial charge in [-0.25, -0.2) is 0 Å². The Hall–Kier alpha value is -0.410. The minimum absolute atomic E-state index is 0.365. The lowest BCUT2D eigenvalue weighted by Crippen LogP contribution is -2.36. The van der Waals surface area contributed by atoms with Gasteiger partial charge in [-0.3, -0.25) is 9.69 Å². The molecule has 0 radical (unpaired) electrons. The zero-order chi connectivity index (χ0) is 8.97. The second kappa shape index (κ2) is 4.58. The molecule has 1 aliphatic heterocycles. The second-order valence-electron chi connectivity index (χ2n) is 3.28. The summed E-state index contributed by atoms with van der Waals surface area (Å²) in [6.45, 7) is 4.42. The fourth-order valence-electron chi connectivity index (χ4n) is 1.64. The largest absolute Gasteiger partial charge is 0.383 e. The van der Waals surface area contributed by atoms with Crippen molar-refractivity contribution < 1.29 is 9.53 Å². The van der Waals surface area contributed by atoms with Crippen LogP contribution in [0.4, 0.5) is 0 Å². The standard InChI is InChI=1S/C9H17NO2/c1-3-8(7-12-2)10-5-4-9(11)6-10/h8H,3-7H2,1-2H3. The van der Waals surface area contributed by atoms with Gasteiger partial charge in [-0.05, 0) is 6.42 Å². The molecule has 1 fully saturated rings. The van der Waals surface area contributed by atoms with E-state index in [2.05, 4.69) is 11.8 Å². The Kier molecular flexibility index (Phi) is 3.69. The van der Waals surface area contributed by atoms with Crippen molar-refractivity contribution in [1.82, 2.24) is 4.90 Å². The quantitative estimate of drug-likeness (QED) is 0.623. The molecule has 0 N–H and O–H groups in total. The Bertz CT molecular complexity index is 159. The molecular formula is C9H17NO2. The van der Waals surface area contributed by atoms with E-state index in [4.69, 9.17) is 4.74 Å². The molecule has 70 valence electrons. The third-order valence-electron chi connectivity index (χ3n) is 2.40. The third-order valence-corrected chi connectivity index (χ3v) is 2.40. The molecule has 0 saturated carbocycles. The molecule has 1 unspecified atom stereocenters. The van der Waals surface area contributed by atoms with Crippen molar-refractivity contribution in [2.75, 3.05) is 26.8 Å². The Labute approximate surface area is 73.7 Å².